The fourth-order valence-electron chi connectivity index (χ4n) is 1.41. The van der Waals surface area contributed by atoms with Crippen molar-refractivity contribution < 1.29 is 0 Å². The van der Waals surface area contributed by atoms with Crippen molar-refractivity contribution in [3.63, 3.8) is 0 Å². The van der Waals surface area contributed by atoms with Crippen molar-refractivity contribution in [3.05, 3.63) is 24.0 Å². The van der Waals surface area contributed by atoms with Gasteiger partial charge in [-0.1, -0.05) is 0 Å². The van der Waals surface area contributed by atoms with E-state index in [9.17, 15) is 0 Å². The molecule has 0 bridgehead atoms. The Morgan fingerprint density at radius 3 is 3.36 bits per heavy atom. The van der Waals surface area contributed by atoms with E-state index in [2.05, 4.69) is 20.0 Å². The van der Waals surface area contributed by atoms with Gasteiger partial charge in [0.1, 0.15) is 18.8 Å². The molecule has 0 radical (unpaired) electrons. The predicted octanol–water partition coefficient (Wildman–Crippen LogP) is 0.580. The molecule has 0 fully saturated rings. The molecule has 0 aromatic rings. The summed E-state index contributed by atoms with van der Waals surface area (Å²) >= 11 is 0. The summed E-state index contributed by atoms with van der Waals surface area (Å²) in [7, 11) is 0. The zero-order valence-electron chi connectivity index (χ0n) is 7.33. The lowest BCUT2D eigenvalue weighted by molar-refractivity contribution is 0.838. The Morgan fingerprint density at radius 1 is 1.36 bits per heavy atom. The van der Waals surface area contributed by atoms with E-state index < -0.39 is 0 Å². The topological polar surface area (TPSA) is 52.7 Å². The van der Waals surface area contributed by atoms with Crippen LogP contribution >= 0.6 is 0 Å². The highest BCUT2D eigenvalue weighted by Crippen LogP contribution is 2.13. The average Bonchev–Trinajstić information content (AvgIpc) is 2.26. The number of fused-ring (bicyclic) bond motifs is 2. The summed E-state index contributed by atoms with van der Waals surface area (Å²) in [4.78, 5) is 18.5. The van der Waals surface area contributed by atoms with Gasteiger partial charge >= 0.3 is 0 Å². The Hall–Kier alpha value is -2.04. The van der Waals surface area contributed by atoms with Crippen molar-refractivity contribution in [2.45, 2.75) is 0 Å². The Bertz CT molecular complexity index is 450. The molecule has 5 heteroatoms. The average molecular weight is 185 g/mol. The summed E-state index contributed by atoms with van der Waals surface area (Å²) in [5.41, 5.74) is 0.932. The highest BCUT2D eigenvalue weighted by atomic mass is 15.2. The van der Waals surface area contributed by atoms with Gasteiger partial charge in [0, 0.05) is 18.6 Å². The van der Waals surface area contributed by atoms with E-state index >= 15 is 0 Å². The highest BCUT2D eigenvalue weighted by molar-refractivity contribution is 6.23. The third-order valence-corrected chi connectivity index (χ3v) is 2.05. The lowest BCUT2D eigenvalue weighted by Crippen LogP contribution is -2.31. The minimum Gasteiger partial charge on any atom is -0.291 e. The Morgan fingerprint density at radius 2 is 2.36 bits per heavy atom. The molecule has 3 heterocycles. The van der Waals surface area contributed by atoms with Crippen LogP contribution in [0.3, 0.4) is 0 Å². The molecule has 0 saturated heterocycles. The summed E-state index contributed by atoms with van der Waals surface area (Å²) in [5.74, 6) is 1.60. The molecule has 0 amide bonds. The molecule has 0 aromatic heterocycles. The summed E-state index contributed by atoms with van der Waals surface area (Å²) < 4.78 is 0. The van der Waals surface area contributed by atoms with E-state index in [4.69, 9.17) is 0 Å². The van der Waals surface area contributed by atoms with E-state index in [-0.39, 0.29) is 0 Å². The summed E-state index contributed by atoms with van der Waals surface area (Å²) in [6, 6.07) is 0. The lowest BCUT2D eigenvalue weighted by atomic mass is 10.2. The summed E-state index contributed by atoms with van der Waals surface area (Å²) in [6.07, 6.45) is 8.99. The van der Waals surface area contributed by atoms with Crippen LogP contribution in [0.15, 0.2) is 44.0 Å². The van der Waals surface area contributed by atoms with Gasteiger partial charge < -0.3 is 0 Å². The third kappa shape index (κ3) is 1.02. The van der Waals surface area contributed by atoms with Gasteiger partial charge in [-0.15, -0.1) is 0 Å². The van der Waals surface area contributed by atoms with Crippen molar-refractivity contribution in [2.24, 2.45) is 20.0 Å². The van der Waals surface area contributed by atoms with Crippen molar-refractivity contribution in [1.82, 2.24) is 4.90 Å². The van der Waals surface area contributed by atoms with Crippen LogP contribution in [-0.2, 0) is 0 Å². The van der Waals surface area contributed by atoms with Gasteiger partial charge in [-0.25, -0.2) is 15.0 Å². The van der Waals surface area contributed by atoms with Gasteiger partial charge in [-0.05, 0) is 6.08 Å². The smallest absolute Gasteiger partial charge is 0.161 e. The maximum Gasteiger partial charge on any atom is 0.161 e. The van der Waals surface area contributed by atoms with Crippen LogP contribution in [0.25, 0.3) is 0 Å². The standard InChI is InChI=1S/C9H7N5/c1-2-10-6-14-4-7-3-11-5-12-9(7)13-8(1)14/h1-4,6H,5H2. The molecular weight excluding hydrogens is 178 g/mol. The summed E-state index contributed by atoms with van der Waals surface area (Å²) in [6.45, 7) is 0.473. The van der Waals surface area contributed by atoms with E-state index in [1.807, 2.05) is 17.2 Å². The van der Waals surface area contributed by atoms with Crippen LogP contribution in [0.5, 0.6) is 0 Å². The van der Waals surface area contributed by atoms with Gasteiger partial charge in [-0.2, -0.15) is 0 Å². The largest absolute Gasteiger partial charge is 0.291 e. The Labute approximate surface area is 80.6 Å². The highest BCUT2D eigenvalue weighted by Gasteiger charge is 2.18. The van der Waals surface area contributed by atoms with Crippen LogP contribution in [-0.4, -0.2) is 35.8 Å². The van der Waals surface area contributed by atoms with Crippen LogP contribution in [0.4, 0.5) is 0 Å². The number of hydrogen-bond acceptors (Lipinski definition) is 5. The molecule has 0 aliphatic carbocycles. The molecule has 68 valence electrons. The Kier molecular flexibility index (Phi) is 1.44. The van der Waals surface area contributed by atoms with Gasteiger partial charge in [0.05, 0.1) is 5.57 Å². The minimum absolute atomic E-state index is 0.473. The zero-order chi connectivity index (χ0) is 9.38. The molecule has 3 aliphatic rings. The van der Waals surface area contributed by atoms with Crippen LogP contribution in [0, 0.1) is 0 Å². The first-order valence-electron chi connectivity index (χ1n) is 4.27. The normalized spacial score (nSPS) is 22.3. The number of hydrogen-bond donors (Lipinski definition) is 0. The SMILES string of the molecule is C1=CC2=NC3=NCN=CC3=CN2C=N1. The maximum atomic E-state index is 4.38. The van der Waals surface area contributed by atoms with Gasteiger partial charge in [-0.3, -0.25) is 9.89 Å². The zero-order valence-corrected chi connectivity index (χ0v) is 7.33. The molecule has 0 atom stereocenters. The molecule has 0 spiro atoms. The van der Waals surface area contributed by atoms with Gasteiger partial charge in [0.25, 0.3) is 0 Å². The molecule has 0 saturated carbocycles. The van der Waals surface area contributed by atoms with E-state index in [1.54, 1.807) is 18.8 Å². The minimum atomic E-state index is 0.473. The molecule has 0 N–H and O–H groups in total. The number of rotatable bonds is 0. The second kappa shape index (κ2) is 2.73. The monoisotopic (exact) mass is 185 g/mol. The first kappa shape index (κ1) is 7.37. The lowest BCUT2D eigenvalue weighted by Gasteiger charge is -2.23. The van der Waals surface area contributed by atoms with Crippen LogP contribution in [0.2, 0.25) is 0 Å². The van der Waals surface area contributed by atoms with Gasteiger partial charge in [0.15, 0.2) is 5.84 Å². The number of aliphatic imine (C=N–C) groups is 4. The fourth-order valence-corrected chi connectivity index (χ4v) is 1.41. The van der Waals surface area contributed by atoms with Gasteiger partial charge in [0.2, 0.25) is 0 Å². The number of nitrogens with zero attached hydrogens (tertiary/aromatic N) is 5. The van der Waals surface area contributed by atoms with Crippen molar-refractivity contribution >= 4 is 24.2 Å². The molecule has 3 aliphatic heterocycles. The molecular formula is C9H7N5. The second-order valence-corrected chi connectivity index (χ2v) is 2.98. The third-order valence-electron chi connectivity index (χ3n) is 2.05. The predicted molar refractivity (Wildman–Crippen MR) is 55.8 cm³/mol. The Balaban J connectivity index is 2.08. The fraction of sp³-hybridized carbons (Fsp3) is 0.111. The first-order valence-corrected chi connectivity index (χ1v) is 4.27. The van der Waals surface area contributed by atoms with Crippen molar-refractivity contribution in [2.75, 3.05) is 6.67 Å². The molecule has 14 heavy (non-hydrogen) atoms. The molecule has 3 rings (SSSR count). The second-order valence-electron chi connectivity index (χ2n) is 2.98. The van der Waals surface area contributed by atoms with E-state index in [0.29, 0.717) is 6.67 Å². The molecule has 0 aromatic carbocycles. The van der Waals surface area contributed by atoms with Crippen LogP contribution < -0.4 is 0 Å². The molecule has 0 unspecified atom stereocenters. The first-order chi connectivity index (χ1) is 6.93. The van der Waals surface area contributed by atoms with E-state index in [1.165, 1.54) is 0 Å². The summed E-state index contributed by atoms with van der Waals surface area (Å²) in [5, 5.41) is 0. The van der Waals surface area contributed by atoms with Crippen LogP contribution in [0.1, 0.15) is 0 Å². The van der Waals surface area contributed by atoms with Crippen molar-refractivity contribution in [3.8, 4) is 0 Å². The van der Waals surface area contributed by atoms with E-state index in [0.717, 1.165) is 17.2 Å². The molecule has 5 nitrogen and oxygen atoms in total. The maximum absolute atomic E-state index is 4.38. The van der Waals surface area contributed by atoms with Crippen molar-refractivity contribution in [1.29, 1.82) is 0 Å². The number of amidine groups is 2. The quantitative estimate of drug-likeness (QED) is 0.544.